The van der Waals surface area contributed by atoms with Gasteiger partial charge >= 0.3 is 6.09 Å². The van der Waals surface area contributed by atoms with Crippen LogP contribution in [0.15, 0.2) is 24.3 Å². The first-order valence-corrected chi connectivity index (χ1v) is 7.29. The maximum absolute atomic E-state index is 11.9. The van der Waals surface area contributed by atoms with E-state index < -0.39 is 5.60 Å². The number of benzene rings is 1. The Hall–Kier alpha value is -2.22. The largest absolute Gasteiger partial charge is 0.493 e. The fourth-order valence-electron chi connectivity index (χ4n) is 2.30. The lowest BCUT2D eigenvalue weighted by Gasteiger charge is -2.47. The van der Waals surface area contributed by atoms with E-state index in [0.29, 0.717) is 25.4 Å². The highest BCUT2D eigenvalue weighted by Crippen LogP contribution is 2.32. The Labute approximate surface area is 131 Å². The molecule has 1 fully saturated rings. The zero-order chi connectivity index (χ0) is 16.4. The van der Waals surface area contributed by atoms with Gasteiger partial charge in [-0.15, -0.1) is 0 Å². The van der Waals surface area contributed by atoms with Crippen molar-refractivity contribution in [3.63, 3.8) is 0 Å². The van der Waals surface area contributed by atoms with Gasteiger partial charge in [-0.1, -0.05) is 19.1 Å². The smallest absolute Gasteiger partial charge is 0.410 e. The number of amides is 1. The van der Waals surface area contributed by atoms with Gasteiger partial charge in [-0.2, -0.15) is 0 Å². The summed E-state index contributed by atoms with van der Waals surface area (Å²) < 4.78 is 11.1. The number of nitrogens with zero attached hydrogens (tertiary/aromatic N) is 2. The normalized spacial score (nSPS) is 16.4. The zero-order valence-corrected chi connectivity index (χ0v) is 13.5. The van der Waals surface area contributed by atoms with Gasteiger partial charge in [0.2, 0.25) is 0 Å². The van der Waals surface area contributed by atoms with Gasteiger partial charge in [0.25, 0.3) is 0 Å². The summed E-state index contributed by atoms with van der Waals surface area (Å²) in [4.78, 5) is 16.9. The molecule has 1 heterocycles. The van der Waals surface area contributed by atoms with Gasteiger partial charge in [0.15, 0.2) is 5.69 Å². The van der Waals surface area contributed by atoms with Crippen LogP contribution >= 0.6 is 0 Å². The Morgan fingerprint density at radius 3 is 2.41 bits per heavy atom. The second-order valence-electron chi connectivity index (χ2n) is 7.04. The van der Waals surface area contributed by atoms with Crippen LogP contribution in [0.2, 0.25) is 0 Å². The highest BCUT2D eigenvalue weighted by Gasteiger charge is 2.43. The lowest BCUT2D eigenvalue weighted by molar-refractivity contribution is -0.0428. The van der Waals surface area contributed by atoms with Gasteiger partial charge in [0.1, 0.15) is 11.4 Å². The fourth-order valence-corrected chi connectivity index (χ4v) is 2.30. The quantitative estimate of drug-likeness (QED) is 0.796. The van der Waals surface area contributed by atoms with Gasteiger partial charge in [0.05, 0.1) is 13.2 Å². The predicted octanol–water partition coefficient (Wildman–Crippen LogP) is 3.87. The van der Waals surface area contributed by atoms with Crippen LogP contribution in [0.25, 0.3) is 4.85 Å². The molecule has 118 valence electrons. The Kier molecular flexibility index (Phi) is 4.32. The number of likely N-dealkylation sites (tertiary alicyclic amines) is 1. The molecule has 0 spiro atoms. The molecule has 0 N–H and O–H groups in total. The number of carbonyl (C=O) groups excluding carboxylic acids is 1. The van der Waals surface area contributed by atoms with Gasteiger partial charge in [0, 0.05) is 18.5 Å². The van der Waals surface area contributed by atoms with E-state index in [1.807, 2.05) is 20.8 Å². The predicted molar refractivity (Wildman–Crippen MR) is 84.1 cm³/mol. The molecule has 5 heteroatoms. The number of rotatable bonds is 3. The van der Waals surface area contributed by atoms with Crippen LogP contribution in [0.5, 0.6) is 5.75 Å². The van der Waals surface area contributed by atoms with Gasteiger partial charge in [-0.05, 0) is 32.9 Å². The first kappa shape index (κ1) is 16.2. The topological polar surface area (TPSA) is 43.1 Å². The molecule has 0 unspecified atom stereocenters. The molecule has 2 rings (SSSR count). The monoisotopic (exact) mass is 302 g/mol. The first-order valence-electron chi connectivity index (χ1n) is 7.29. The molecule has 0 atom stereocenters. The SMILES string of the molecule is [C-]#[N+]c1ccc(OCC2(C)CN(C(=O)OC(C)(C)C)C2)cc1. The number of hydrogen-bond acceptors (Lipinski definition) is 3. The van der Waals surface area contributed by atoms with Crippen LogP contribution in [-0.4, -0.2) is 36.3 Å². The van der Waals surface area contributed by atoms with Crippen LogP contribution < -0.4 is 4.74 Å². The lowest BCUT2D eigenvalue weighted by Crippen LogP contribution is -2.60. The lowest BCUT2D eigenvalue weighted by atomic mass is 9.83. The molecule has 5 nitrogen and oxygen atoms in total. The minimum Gasteiger partial charge on any atom is -0.493 e. The molecular formula is C17H22N2O3. The van der Waals surface area contributed by atoms with E-state index >= 15 is 0 Å². The van der Waals surface area contributed by atoms with Crippen LogP contribution in [0, 0.1) is 12.0 Å². The van der Waals surface area contributed by atoms with Crippen LogP contribution in [-0.2, 0) is 4.74 Å². The molecule has 1 saturated heterocycles. The number of carbonyl (C=O) groups is 1. The van der Waals surface area contributed by atoms with E-state index in [9.17, 15) is 4.79 Å². The Bertz CT molecular complexity index is 575. The molecule has 1 aliphatic heterocycles. The molecule has 22 heavy (non-hydrogen) atoms. The summed E-state index contributed by atoms with van der Waals surface area (Å²) in [6.07, 6.45) is -0.272. The first-order chi connectivity index (χ1) is 10.2. The molecule has 0 radical (unpaired) electrons. The second kappa shape index (κ2) is 5.88. The van der Waals surface area contributed by atoms with E-state index in [1.54, 1.807) is 29.2 Å². The molecule has 1 aromatic carbocycles. The average molecular weight is 302 g/mol. The molecule has 0 aliphatic carbocycles. The fraction of sp³-hybridized carbons (Fsp3) is 0.529. The van der Waals surface area contributed by atoms with Crippen molar-refractivity contribution in [3.05, 3.63) is 35.7 Å². The minimum atomic E-state index is -0.468. The maximum atomic E-state index is 11.9. The maximum Gasteiger partial charge on any atom is 0.410 e. The highest BCUT2D eigenvalue weighted by atomic mass is 16.6. The Morgan fingerprint density at radius 1 is 1.32 bits per heavy atom. The number of ether oxygens (including phenoxy) is 2. The van der Waals surface area contributed by atoms with Crippen molar-refractivity contribution in [2.75, 3.05) is 19.7 Å². The zero-order valence-electron chi connectivity index (χ0n) is 13.5. The Balaban J connectivity index is 1.80. The van der Waals surface area contributed by atoms with E-state index in [0.717, 1.165) is 5.75 Å². The minimum absolute atomic E-state index is 0.0601. The summed E-state index contributed by atoms with van der Waals surface area (Å²) in [6, 6.07) is 7.05. The third-order valence-corrected chi connectivity index (χ3v) is 3.35. The third-order valence-electron chi connectivity index (χ3n) is 3.35. The van der Waals surface area contributed by atoms with Crippen LogP contribution in [0.3, 0.4) is 0 Å². The van der Waals surface area contributed by atoms with E-state index in [2.05, 4.69) is 11.8 Å². The van der Waals surface area contributed by atoms with Crippen molar-refractivity contribution >= 4 is 11.8 Å². The summed E-state index contributed by atoms with van der Waals surface area (Å²) in [6.45, 7) is 16.4. The average Bonchev–Trinajstić information content (AvgIpc) is 2.40. The summed E-state index contributed by atoms with van der Waals surface area (Å²) in [7, 11) is 0. The Morgan fingerprint density at radius 2 is 1.91 bits per heavy atom. The molecular weight excluding hydrogens is 280 g/mol. The summed E-state index contributed by atoms with van der Waals surface area (Å²) in [5.74, 6) is 0.740. The molecule has 0 bridgehead atoms. The van der Waals surface area contributed by atoms with Gasteiger partial charge in [-0.25, -0.2) is 9.64 Å². The van der Waals surface area contributed by atoms with Crippen molar-refractivity contribution in [2.24, 2.45) is 5.41 Å². The third kappa shape index (κ3) is 4.14. The van der Waals surface area contributed by atoms with E-state index in [1.165, 1.54) is 0 Å². The molecule has 0 aromatic heterocycles. The van der Waals surface area contributed by atoms with Crippen molar-refractivity contribution in [1.29, 1.82) is 0 Å². The summed E-state index contributed by atoms with van der Waals surface area (Å²) in [5.41, 5.74) is 0.0675. The van der Waals surface area contributed by atoms with Gasteiger partial charge < -0.3 is 14.4 Å². The summed E-state index contributed by atoms with van der Waals surface area (Å²) >= 11 is 0. The molecule has 1 amide bonds. The van der Waals surface area contributed by atoms with E-state index in [-0.39, 0.29) is 11.5 Å². The van der Waals surface area contributed by atoms with Crippen LogP contribution in [0.4, 0.5) is 10.5 Å². The van der Waals surface area contributed by atoms with Gasteiger partial charge in [-0.3, -0.25) is 0 Å². The molecule has 1 aromatic rings. The summed E-state index contributed by atoms with van der Waals surface area (Å²) in [5, 5.41) is 0. The van der Waals surface area contributed by atoms with Crippen molar-refractivity contribution in [3.8, 4) is 5.75 Å². The number of hydrogen-bond donors (Lipinski definition) is 0. The molecule has 1 aliphatic rings. The molecule has 0 saturated carbocycles. The van der Waals surface area contributed by atoms with Crippen molar-refractivity contribution < 1.29 is 14.3 Å². The van der Waals surface area contributed by atoms with Crippen molar-refractivity contribution in [2.45, 2.75) is 33.3 Å². The van der Waals surface area contributed by atoms with E-state index in [4.69, 9.17) is 16.0 Å². The highest BCUT2D eigenvalue weighted by molar-refractivity contribution is 5.69. The van der Waals surface area contributed by atoms with Crippen LogP contribution in [0.1, 0.15) is 27.7 Å². The second-order valence-corrected chi connectivity index (χ2v) is 7.04. The van der Waals surface area contributed by atoms with Crippen molar-refractivity contribution in [1.82, 2.24) is 4.90 Å². The standard InChI is InChI=1S/C17H22N2O3/c1-16(2,3)22-15(20)19-10-17(4,11-19)12-21-14-8-6-13(18-5)7-9-14/h6-9H,10-12H2,1-4H3.